The molecule has 138 valence electrons. The summed E-state index contributed by atoms with van der Waals surface area (Å²) in [6, 6.07) is 0. The fourth-order valence-electron chi connectivity index (χ4n) is 6.41. The summed E-state index contributed by atoms with van der Waals surface area (Å²) >= 11 is 0. The van der Waals surface area contributed by atoms with Crippen LogP contribution in [0.15, 0.2) is 11.6 Å². The zero-order chi connectivity index (χ0) is 17.4. The molecule has 1 aliphatic heterocycles. The van der Waals surface area contributed by atoms with E-state index in [4.69, 9.17) is 0 Å². The number of hydrogen-bond acceptors (Lipinski definition) is 2. The first-order valence-corrected chi connectivity index (χ1v) is 10.3. The second-order valence-corrected chi connectivity index (χ2v) is 9.18. The highest BCUT2D eigenvalue weighted by molar-refractivity contribution is 5.91. The molecule has 5 rings (SSSR count). The van der Waals surface area contributed by atoms with E-state index in [1.165, 1.54) is 50.5 Å². The fourth-order valence-corrected chi connectivity index (χ4v) is 6.41. The van der Waals surface area contributed by atoms with Gasteiger partial charge in [0.1, 0.15) is 0 Å². The third kappa shape index (κ3) is 3.50. The molecule has 0 unspecified atom stereocenters. The molecule has 0 aromatic rings. The van der Waals surface area contributed by atoms with E-state index in [0.717, 1.165) is 43.7 Å². The Hall–Kier alpha value is -1.32. The van der Waals surface area contributed by atoms with E-state index in [2.05, 4.69) is 12.2 Å². The van der Waals surface area contributed by atoms with Gasteiger partial charge in [0.15, 0.2) is 0 Å². The third-order valence-electron chi connectivity index (χ3n) is 7.34. The Balaban J connectivity index is 1.34. The van der Waals surface area contributed by atoms with Crippen LogP contribution in [0.5, 0.6) is 0 Å². The maximum absolute atomic E-state index is 12.4. The summed E-state index contributed by atoms with van der Waals surface area (Å²) in [6.07, 6.45) is 13.3. The molecule has 4 nitrogen and oxygen atoms in total. The van der Waals surface area contributed by atoms with Crippen LogP contribution in [0.4, 0.5) is 0 Å². The molecule has 0 aromatic carbocycles. The highest BCUT2D eigenvalue weighted by atomic mass is 16.2. The molecule has 1 saturated heterocycles. The number of carbonyl (C=O) groups excluding carboxylic acids is 2. The van der Waals surface area contributed by atoms with Crippen molar-refractivity contribution in [3.8, 4) is 0 Å². The number of nitrogens with zero attached hydrogens (tertiary/aromatic N) is 1. The van der Waals surface area contributed by atoms with Gasteiger partial charge in [0.25, 0.3) is 0 Å². The van der Waals surface area contributed by atoms with E-state index in [-0.39, 0.29) is 23.8 Å². The Morgan fingerprint density at radius 3 is 2.12 bits per heavy atom. The minimum atomic E-state index is -0.0846. The average molecular weight is 344 g/mol. The zero-order valence-electron chi connectivity index (χ0n) is 15.6. The maximum atomic E-state index is 12.4. The van der Waals surface area contributed by atoms with Gasteiger partial charge in [0, 0.05) is 19.2 Å². The lowest BCUT2D eigenvalue weighted by Gasteiger charge is -2.57. The first-order chi connectivity index (χ1) is 12.0. The van der Waals surface area contributed by atoms with Gasteiger partial charge in [-0.1, -0.05) is 5.57 Å². The molecular formula is C21H32N2O2. The van der Waals surface area contributed by atoms with Crippen LogP contribution < -0.4 is 5.32 Å². The van der Waals surface area contributed by atoms with Crippen LogP contribution in [0.25, 0.3) is 0 Å². The van der Waals surface area contributed by atoms with Crippen molar-refractivity contribution in [1.29, 1.82) is 0 Å². The molecule has 2 amide bonds. The summed E-state index contributed by atoms with van der Waals surface area (Å²) in [5.41, 5.74) is 1.54. The van der Waals surface area contributed by atoms with Crippen LogP contribution in [-0.4, -0.2) is 36.3 Å². The van der Waals surface area contributed by atoms with E-state index in [1.807, 2.05) is 4.90 Å². The van der Waals surface area contributed by atoms with Crippen molar-refractivity contribution < 1.29 is 9.59 Å². The Morgan fingerprint density at radius 2 is 1.56 bits per heavy atom. The van der Waals surface area contributed by atoms with Crippen molar-refractivity contribution in [2.75, 3.05) is 19.6 Å². The minimum absolute atomic E-state index is 0.0638. The number of allylic oxidation sites excluding steroid dienone is 1. The monoisotopic (exact) mass is 344 g/mol. The quantitative estimate of drug-likeness (QED) is 0.796. The van der Waals surface area contributed by atoms with Crippen molar-refractivity contribution >= 4 is 11.8 Å². The van der Waals surface area contributed by atoms with Gasteiger partial charge in [0.2, 0.25) is 11.8 Å². The lowest BCUT2D eigenvalue weighted by atomic mass is 9.48. The zero-order valence-corrected chi connectivity index (χ0v) is 15.6. The summed E-state index contributed by atoms with van der Waals surface area (Å²) in [7, 11) is 0. The first-order valence-electron chi connectivity index (χ1n) is 10.3. The van der Waals surface area contributed by atoms with Gasteiger partial charge in [-0.3, -0.25) is 9.59 Å². The lowest BCUT2D eigenvalue weighted by molar-refractivity contribution is -0.132. The molecule has 0 atom stereocenters. The Morgan fingerprint density at radius 1 is 1.00 bits per heavy atom. The SMILES string of the molecule is CC(=CC(=O)NCC(=O)N1CCCCC1)C12CC3CC(CC(C3)C1)C2. The third-order valence-corrected chi connectivity index (χ3v) is 7.34. The van der Waals surface area contributed by atoms with E-state index >= 15 is 0 Å². The van der Waals surface area contributed by atoms with Crippen molar-refractivity contribution in [2.45, 2.75) is 64.7 Å². The summed E-state index contributed by atoms with van der Waals surface area (Å²) in [5.74, 6) is 2.64. The molecule has 4 saturated carbocycles. The van der Waals surface area contributed by atoms with Gasteiger partial charge in [-0.15, -0.1) is 0 Å². The molecule has 1 N–H and O–H groups in total. The predicted octanol–water partition coefficient (Wildman–Crippen LogP) is 3.28. The summed E-state index contributed by atoms with van der Waals surface area (Å²) in [6.45, 7) is 3.98. The van der Waals surface area contributed by atoms with Crippen LogP contribution in [0.3, 0.4) is 0 Å². The van der Waals surface area contributed by atoms with Crippen LogP contribution >= 0.6 is 0 Å². The van der Waals surface area contributed by atoms with E-state index < -0.39 is 0 Å². The van der Waals surface area contributed by atoms with Crippen molar-refractivity contribution in [3.05, 3.63) is 11.6 Å². The fraction of sp³-hybridized carbons (Fsp3) is 0.810. The molecule has 0 radical (unpaired) electrons. The number of nitrogens with one attached hydrogen (secondary N) is 1. The number of carbonyl (C=O) groups is 2. The van der Waals surface area contributed by atoms with Gasteiger partial charge in [-0.25, -0.2) is 0 Å². The number of hydrogen-bond donors (Lipinski definition) is 1. The van der Waals surface area contributed by atoms with Gasteiger partial charge in [-0.05, 0) is 87.9 Å². The highest BCUT2D eigenvalue weighted by Gasteiger charge is 2.51. The largest absolute Gasteiger partial charge is 0.343 e. The van der Waals surface area contributed by atoms with Crippen molar-refractivity contribution in [1.82, 2.24) is 10.2 Å². The Kier molecular flexibility index (Phi) is 4.63. The smallest absolute Gasteiger partial charge is 0.244 e. The van der Waals surface area contributed by atoms with Crippen LogP contribution in [0, 0.1) is 23.2 Å². The molecular weight excluding hydrogens is 312 g/mol. The first kappa shape index (κ1) is 17.1. The minimum Gasteiger partial charge on any atom is -0.343 e. The molecule has 5 fully saturated rings. The molecule has 1 heterocycles. The summed E-state index contributed by atoms with van der Waals surface area (Å²) in [4.78, 5) is 26.5. The number of rotatable bonds is 4. The predicted molar refractivity (Wildman–Crippen MR) is 97.8 cm³/mol. The van der Waals surface area contributed by atoms with Gasteiger partial charge < -0.3 is 10.2 Å². The average Bonchev–Trinajstić information content (AvgIpc) is 2.59. The van der Waals surface area contributed by atoms with Crippen molar-refractivity contribution in [3.63, 3.8) is 0 Å². The molecule has 4 bridgehead atoms. The number of amides is 2. The topological polar surface area (TPSA) is 49.4 Å². The second-order valence-electron chi connectivity index (χ2n) is 9.18. The second kappa shape index (κ2) is 6.77. The van der Waals surface area contributed by atoms with Crippen LogP contribution in [0.1, 0.15) is 64.7 Å². The standard InChI is InChI=1S/C21H32N2O2/c1-15(21-11-16-8-17(12-21)10-18(9-16)13-21)7-19(24)22-14-20(25)23-5-3-2-4-6-23/h7,16-18H,2-6,8-14H2,1H3,(H,22,24). The maximum Gasteiger partial charge on any atom is 0.244 e. The van der Waals surface area contributed by atoms with Gasteiger partial charge in [-0.2, -0.15) is 0 Å². The van der Waals surface area contributed by atoms with Gasteiger partial charge in [0.05, 0.1) is 6.54 Å². The van der Waals surface area contributed by atoms with E-state index in [1.54, 1.807) is 6.08 Å². The van der Waals surface area contributed by atoms with Gasteiger partial charge >= 0.3 is 0 Å². The summed E-state index contributed by atoms with van der Waals surface area (Å²) < 4.78 is 0. The molecule has 0 spiro atoms. The normalized spacial score (nSPS) is 37.2. The highest BCUT2D eigenvalue weighted by Crippen LogP contribution is 2.62. The Bertz CT molecular complexity index is 539. The lowest BCUT2D eigenvalue weighted by Crippen LogP contribution is -2.47. The van der Waals surface area contributed by atoms with E-state index in [9.17, 15) is 9.59 Å². The number of piperidine rings is 1. The van der Waals surface area contributed by atoms with E-state index in [0.29, 0.717) is 0 Å². The molecule has 25 heavy (non-hydrogen) atoms. The molecule has 0 aromatic heterocycles. The Labute approximate surface area is 151 Å². The number of likely N-dealkylation sites (tertiary alicyclic amines) is 1. The van der Waals surface area contributed by atoms with Crippen LogP contribution in [-0.2, 0) is 9.59 Å². The van der Waals surface area contributed by atoms with Crippen LogP contribution in [0.2, 0.25) is 0 Å². The molecule has 4 heteroatoms. The molecule has 4 aliphatic carbocycles. The summed E-state index contributed by atoms with van der Waals surface area (Å²) in [5, 5.41) is 2.84. The molecule has 5 aliphatic rings. The van der Waals surface area contributed by atoms with Crippen molar-refractivity contribution in [2.24, 2.45) is 23.2 Å².